The third kappa shape index (κ3) is 3.38. The third-order valence-electron chi connectivity index (χ3n) is 2.29. The summed E-state index contributed by atoms with van der Waals surface area (Å²) in [5.41, 5.74) is 13.5. The summed E-state index contributed by atoms with van der Waals surface area (Å²) in [5, 5.41) is 7.58. The predicted octanol–water partition coefficient (Wildman–Crippen LogP) is 1.81. The van der Waals surface area contributed by atoms with Gasteiger partial charge in [-0.1, -0.05) is 32.0 Å². The summed E-state index contributed by atoms with van der Waals surface area (Å²) in [6.45, 7) is 6.19. The highest BCUT2D eigenvalue weighted by Crippen LogP contribution is 2.16. The molecule has 0 aliphatic heterocycles. The van der Waals surface area contributed by atoms with E-state index >= 15 is 0 Å². The average Bonchev–Trinajstić information content (AvgIpc) is 2.26. The fourth-order valence-electron chi connectivity index (χ4n) is 1.31. The first-order chi connectivity index (χ1) is 7.50. The van der Waals surface area contributed by atoms with E-state index in [0.29, 0.717) is 5.92 Å². The van der Waals surface area contributed by atoms with Gasteiger partial charge in [-0.3, -0.25) is 0 Å². The van der Waals surface area contributed by atoms with Crippen LogP contribution in [0.4, 0.5) is 0 Å². The topological polar surface area (TPSA) is 76.8 Å². The van der Waals surface area contributed by atoms with Crippen LogP contribution in [-0.2, 0) is 0 Å². The standard InChI is InChI=1S/C12H18N4/c1-8(2)10-5-4-6-11(7-10)9(3)15-16-12(13)14/h4-8H,1-3H3,(H4,13,14,16). The van der Waals surface area contributed by atoms with Crippen LogP contribution >= 0.6 is 0 Å². The Balaban J connectivity index is 3.00. The fraction of sp³-hybridized carbons (Fsp3) is 0.333. The molecule has 0 saturated carbocycles. The zero-order chi connectivity index (χ0) is 12.1. The molecule has 4 nitrogen and oxygen atoms in total. The molecule has 4 heteroatoms. The molecule has 0 spiro atoms. The molecule has 0 bridgehead atoms. The van der Waals surface area contributed by atoms with Gasteiger partial charge in [0, 0.05) is 0 Å². The molecule has 1 rings (SSSR count). The molecular weight excluding hydrogens is 200 g/mol. The molecule has 86 valence electrons. The maximum atomic E-state index is 5.22. The first kappa shape index (κ1) is 12.2. The van der Waals surface area contributed by atoms with E-state index < -0.39 is 0 Å². The Bertz CT molecular complexity index is 415. The third-order valence-corrected chi connectivity index (χ3v) is 2.29. The minimum Gasteiger partial charge on any atom is -0.369 e. The summed E-state index contributed by atoms with van der Waals surface area (Å²) >= 11 is 0. The SMILES string of the molecule is CC(=NN=C(N)N)c1cccc(C(C)C)c1. The van der Waals surface area contributed by atoms with Gasteiger partial charge in [0.1, 0.15) is 0 Å². The van der Waals surface area contributed by atoms with E-state index in [2.05, 4.69) is 36.2 Å². The van der Waals surface area contributed by atoms with E-state index in [0.717, 1.165) is 11.3 Å². The molecule has 4 N–H and O–H groups in total. The van der Waals surface area contributed by atoms with Gasteiger partial charge in [0.15, 0.2) is 0 Å². The number of rotatable bonds is 3. The minimum atomic E-state index is -0.0284. The lowest BCUT2D eigenvalue weighted by molar-refractivity contribution is 0.866. The van der Waals surface area contributed by atoms with Crippen molar-refractivity contribution in [1.82, 2.24) is 0 Å². The number of hydrogen-bond acceptors (Lipinski definition) is 2. The second kappa shape index (κ2) is 5.30. The molecule has 0 aromatic heterocycles. The lowest BCUT2D eigenvalue weighted by atomic mass is 9.99. The van der Waals surface area contributed by atoms with E-state index in [1.54, 1.807) is 0 Å². The van der Waals surface area contributed by atoms with Crippen LogP contribution in [0.25, 0.3) is 0 Å². The van der Waals surface area contributed by atoms with Crippen LogP contribution < -0.4 is 11.5 Å². The Morgan fingerprint density at radius 2 is 1.88 bits per heavy atom. The zero-order valence-electron chi connectivity index (χ0n) is 9.94. The van der Waals surface area contributed by atoms with Crippen molar-refractivity contribution in [3.8, 4) is 0 Å². The molecule has 0 amide bonds. The van der Waals surface area contributed by atoms with Gasteiger partial charge in [0.05, 0.1) is 5.71 Å². The van der Waals surface area contributed by atoms with Crippen LogP contribution in [0.2, 0.25) is 0 Å². The van der Waals surface area contributed by atoms with E-state index in [9.17, 15) is 0 Å². The number of hydrogen-bond donors (Lipinski definition) is 2. The van der Waals surface area contributed by atoms with Crippen LogP contribution in [0.5, 0.6) is 0 Å². The van der Waals surface area contributed by atoms with Crippen molar-refractivity contribution in [2.75, 3.05) is 0 Å². The summed E-state index contributed by atoms with van der Waals surface area (Å²) in [6, 6.07) is 8.21. The molecule has 0 heterocycles. The summed E-state index contributed by atoms with van der Waals surface area (Å²) in [5.74, 6) is 0.468. The van der Waals surface area contributed by atoms with Crippen molar-refractivity contribution in [3.63, 3.8) is 0 Å². The monoisotopic (exact) mass is 218 g/mol. The van der Waals surface area contributed by atoms with Crippen molar-refractivity contribution in [3.05, 3.63) is 35.4 Å². The van der Waals surface area contributed by atoms with Crippen molar-refractivity contribution in [1.29, 1.82) is 0 Å². The molecule has 0 saturated heterocycles. The number of nitrogens with zero attached hydrogens (tertiary/aromatic N) is 2. The van der Waals surface area contributed by atoms with E-state index in [1.807, 2.05) is 19.1 Å². The maximum absolute atomic E-state index is 5.22. The molecule has 1 aromatic rings. The van der Waals surface area contributed by atoms with Crippen LogP contribution in [0.3, 0.4) is 0 Å². The van der Waals surface area contributed by atoms with E-state index in [-0.39, 0.29) is 5.96 Å². The van der Waals surface area contributed by atoms with Crippen LogP contribution in [0.15, 0.2) is 34.5 Å². The molecule has 0 unspecified atom stereocenters. The molecule has 1 aromatic carbocycles. The lowest BCUT2D eigenvalue weighted by Gasteiger charge is -2.07. The van der Waals surface area contributed by atoms with Crippen LogP contribution in [0, 0.1) is 0 Å². The predicted molar refractivity (Wildman–Crippen MR) is 68.6 cm³/mol. The van der Waals surface area contributed by atoms with Gasteiger partial charge in [-0.05, 0) is 30.0 Å². The van der Waals surface area contributed by atoms with Gasteiger partial charge >= 0.3 is 0 Å². The van der Waals surface area contributed by atoms with Gasteiger partial charge in [-0.2, -0.15) is 5.10 Å². The molecular formula is C12H18N4. The second-order valence-corrected chi connectivity index (χ2v) is 3.99. The zero-order valence-corrected chi connectivity index (χ0v) is 9.94. The van der Waals surface area contributed by atoms with Crippen molar-refractivity contribution in [2.24, 2.45) is 21.7 Å². The Kier molecular flexibility index (Phi) is 4.05. The number of benzene rings is 1. The van der Waals surface area contributed by atoms with E-state index in [4.69, 9.17) is 11.5 Å². The Morgan fingerprint density at radius 3 is 2.44 bits per heavy atom. The molecule has 0 aliphatic carbocycles. The first-order valence-corrected chi connectivity index (χ1v) is 5.24. The van der Waals surface area contributed by atoms with Gasteiger partial charge in [0.2, 0.25) is 5.96 Å². The quantitative estimate of drug-likeness (QED) is 0.461. The lowest BCUT2D eigenvalue weighted by Crippen LogP contribution is -2.22. The Morgan fingerprint density at radius 1 is 1.19 bits per heavy atom. The minimum absolute atomic E-state index is 0.0284. The smallest absolute Gasteiger partial charge is 0.211 e. The van der Waals surface area contributed by atoms with E-state index in [1.165, 1.54) is 5.56 Å². The fourth-order valence-corrected chi connectivity index (χ4v) is 1.31. The van der Waals surface area contributed by atoms with Gasteiger partial charge in [-0.25, -0.2) is 0 Å². The average molecular weight is 218 g/mol. The molecule has 0 radical (unpaired) electrons. The van der Waals surface area contributed by atoms with Crippen molar-refractivity contribution >= 4 is 11.7 Å². The largest absolute Gasteiger partial charge is 0.369 e. The summed E-state index contributed by atoms with van der Waals surface area (Å²) in [6.07, 6.45) is 0. The summed E-state index contributed by atoms with van der Waals surface area (Å²) < 4.78 is 0. The Labute approximate surface area is 96.1 Å². The van der Waals surface area contributed by atoms with Crippen LogP contribution in [-0.4, -0.2) is 11.7 Å². The molecule has 0 fully saturated rings. The van der Waals surface area contributed by atoms with Crippen LogP contribution in [0.1, 0.15) is 37.8 Å². The summed E-state index contributed by atoms with van der Waals surface area (Å²) in [7, 11) is 0. The summed E-state index contributed by atoms with van der Waals surface area (Å²) in [4.78, 5) is 0. The highest BCUT2D eigenvalue weighted by atomic mass is 15.3. The second-order valence-electron chi connectivity index (χ2n) is 3.99. The highest BCUT2D eigenvalue weighted by Gasteiger charge is 2.02. The van der Waals surface area contributed by atoms with Gasteiger partial charge in [-0.15, -0.1) is 5.10 Å². The first-order valence-electron chi connectivity index (χ1n) is 5.24. The number of nitrogens with two attached hydrogens (primary N) is 2. The number of guanidine groups is 1. The van der Waals surface area contributed by atoms with Gasteiger partial charge < -0.3 is 11.5 Å². The molecule has 0 atom stereocenters. The van der Waals surface area contributed by atoms with Crippen molar-refractivity contribution in [2.45, 2.75) is 26.7 Å². The Hall–Kier alpha value is -1.84. The highest BCUT2D eigenvalue weighted by molar-refractivity contribution is 5.99. The normalized spacial score (nSPS) is 11.6. The maximum Gasteiger partial charge on any atom is 0.211 e. The molecule has 16 heavy (non-hydrogen) atoms. The van der Waals surface area contributed by atoms with Gasteiger partial charge in [0.25, 0.3) is 0 Å². The molecule has 0 aliphatic rings. The van der Waals surface area contributed by atoms with Crippen molar-refractivity contribution < 1.29 is 0 Å².